The first-order chi connectivity index (χ1) is 25.3. The SMILES string of the molecule is O=C(CN1C(=O)c2ccc(NS(=O)(=O)CCc3ncccn3)cc2C1=O)O[C@@H](Cc1c(Cl)c[n+]([O-])cc1Cl)c1ccc(OC(F)F)c(OCC2CC2)c1. The van der Waals surface area contributed by atoms with E-state index in [1.807, 2.05) is 0 Å². The molecular formula is C34H29Cl2F2N5O9S. The molecule has 0 unspecified atom stereocenters. The van der Waals surface area contributed by atoms with Gasteiger partial charge in [0.2, 0.25) is 10.0 Å². The lowest BCUT2D eigenvalue weighted by molar-refractivity contribution is -0.605. The van der Waals surface area contributed by atoms with E-state index >= 15 is 0 Å². The van der Waals surface area contributed by atoms with Crippen LogP contribution in [0.1, 0.15) is 56.6 Å². The van der Waals surface area contributed by atoms with Gasteiger partial charge in [0.25, 0.3) is 11.8 Å². The molecule has 19 heteroatoms. The maximum Gasteiger partial charge on any atom is 0.387 e. The first-order valence-corrected chi connectivity index (χ1v) is 18.4. The molecule has 14 nitrogen and oxygen atoms in total. The number of carbonyl (C=O) groups is 3. The van der Waals surface area contributed by atoms with Crippen molar-refractivity contribution in [3.63, 3.8) is 0 Å². The van der Waals surface area contributed by atoms with Crippen LogP contribution in [-0.2, 0) is 32.4 Å². The van der Waals surface area contributed by atoms with Gasteiger partial charge >= 0.3 is 12.6 Å². The molecular weight excluding hydrogens is 763 g/mol. The number of fused-ring (bicyclic) bond motifs is 1. The minimum Gasteiger partial charge on any atom is -0.619 e. The Bertz CT molecular complexity index is 2140. The van der Waals surface area contributed by atoms with Gasteiger partial charge in [0.1, 0.15) is 28.5 Å². The van der Waals surface area contributed by atoms with E-state index in [9.17, 15) is 36.8 Å². The summed E-state index contributed by atoms with van der Waals surface area (Å²) in [6, 6.07) is 9.28. The lowest BCUT2D eigenvalue weighted by Gasteiger charge is -2.22. The number of alkyl halides is 2. The quantitative estimate of drug-likeness (QED) is 0.0705. The van der Waals surface area contributed by atoms with Crippen LogP contribution in [0.15, 0.2) is 67.3 Å². The molecule has 1 atom stereocenters. The number of nitrogens with zero attached hydrogens (tertiary/aromatic N) is 4. The largest absolute Gasteiger partial charge is 0.619 e. The number of ether oxygens (including phenoxy) is 3. The van der Waals surface area contributed by atoms with Crippen molar-refractivity contribution in [2.45, 2.75) is 38.4 Å². The summed E-state index contributed by atoms with van der Waals surface area (Å²) in [5.74, 6) is -2.84. The fraction of sp³-hybridized carbons (Fsp3) is 0.294. The Kier molecular flexibility index (Phi) is 11.3. The Morgan fingerprint density at radius 2 is 1.72 bits per heavy atom. The van der Waals surface area contributed by atoms with Crippen LogP contribution in [-0.4, -0.2) is 66.6 Å². The Hall–Kier alpha value is -5.13. The zero-order valence-corrected chi connectivity index (χ0v) is 29.7. The van der Waals surface area contributed by atoms with Crippen LogP contribution in [0.5, 0.6) is 11.5 Å². The summed E-state index contributed by atoms with van der Waals surface area (Å²) in [6.45, 7) is -3.77. The molecule has 2 aromatic carbocycles. The Balaban J connectivity index is 1.20. The smallest absolute Gasteiger partial charge is 0.387 e. The zero-order valence-electron chi connectivity index (χ0n) is 27.4. The lowest BCUT2D eigenvalue weighted by atomic mass is 10.0. The normalized spacial score (nSPS) is 14.6. The van der Waals surface area contributed by atoms with Crippen molar-refractivity contribution < 1.29 is 50.5 Å². The van der Waals surface area contributed by atoms with Crippen molar-refractivity contribution in [3.05, 3.63) is 111 Å². The van der Waals surface area contributed by atoms with Crippen molar-refractivity contribution in [2.75, 3.05) is 23.6 Å². The number of amides is 2. The molecule has 1 fully saturated rings. The number of hydrogen-bond donors (Lipinski definition) is 1. The molecule has 0 saturated heterocycles. The van der Waals surface area contributed by atoms with E-state index in [-0.39, 0.29) is 80.6 Å². The third-order valence-electron chi connectivity index (χ3n) is 8.19. The molecule has 2 aliphatic rings. The monoisotopic (exact) mass is 791 g/mol. The van der Waals surface area contributed by atoms with Crippen LogP contribution in [0.2, 0.25) is 10.0 Å². The molecule has 0 spiro atoms. The number of esters is 1. The predicted octanol–water partition coefficient (Wildman–Crippen LogP) is 4.91. The average molecular weight is 793 g/mol. The third kappa shape index (κ3) is 9.46. The van der Waals surface area contributed by atoms with Gasteiger partial charge in [-0.1, -0.05) is 29.3 Å². The van der Waals surface area contributed by atoms with Crippen LogP contribution in [0, 0.1) is 11.1 Å². The average Bonchev–Trinajstić information content (AvgIpc) is 3.91. The molecule has 2 aromatic heterocycles. The van der Waals surface area contributed by atoms with Crippen LogP contribution >= 0.6 is 23.2 Å². The number of halogens is 4. The summed E-state index contributed by atoms with van der Waals surface area (Å²) in [7, 11) is -3.91. The van der Waals surface area contributed by atoms with Crippen molar-refractivity contribution in [1.82, 2.24) is 14.9 Å². The van der Waals surface area contributed by atoms with Gasteiger partial charge < -0.3 is 19.4 Å². The molecule has 4 aromatic rings. The minimum absolute atomic E-state index is 0.0124. The van der Waals surface area contributed by atoms with Gasteiger partial charge in [0.15, 0.2) is 23.9 Å². The highest BCUT2D eigenvalue weighted by atomic mass is 35.5. The number of rotatable bonds is 16. The topological polar surface area (TPSA) is 181 Å². The van der Waals surface area contributed by atoms with Crippen LogP contribution < -0.4 is 18.9 Å². The van der Waals surface area contributed by atoms with E-state index in [0.29, 0.717) is 15.5 Å². The predicted molar refractivity (Wildman–Crippen MR) is 184 cm³/mol. The molecule has 1 saturated carbocycles. The van der Waals surface area contributed by atoms with Crippen molar-refractivity contribution >= 4 is 56.7 Å². The van der Waals surface area contributed by atoms with Crippen LogP contribution in [0.3, 0.4) is 0 Å². The second kappa shape index (κ2) is 15.9. The summed E-state index contributed by atoms with van der Waals surface area (Å²) in [6.07, 6.45) is 5.43. The summed E-state index contributed by atoms with van der Waals surface area (Å²) < 4.78 is 70.7. The van der Waals surface area contributed by atoms with Crippen molar-refractivity contribution in [1.29, 1.82) is 0 Å². The second-order valence-electron chi connectivity index (χ2n) is 12.1. The Labute approximate surface area is 311 Å². The highest BCUT2D eigenvalue weighted by Crippen LogP contribution is 2.38. The van der Waals surface area contributed by atoms with Gasteiger partial charge in [-0.05, 0) is 60.7 Å². The number of anilines is 1. The Morgan fingerprint density at radius 1 is 1.02 bits per heavy atom. The first-order valence-electron chi connectivity index (χ1n) is 16.0. The lowest BCUT2D eigenvalue weighted by Crippen LogP contribution is -2.36. The highest BCUT2D eigenvalue weighted by molar-refractivity contribution is 7.92. The number of sulfonamides is 1. The van der Waals surface area contributed by atoms with Crippen molar-refractivity contribution in [3.8, 4) is 11.5 Å². The van der Waals surface area contributed by atoms with Crippen LogP contribution in [0.25, 0.3) is 0 Å². The molecule has 2 amide bonds. The molecule has 3 heterocycles. The number of benzene rings is 2. The number of pyridine rings is 1. The maximum absolute atomic E-state index is 13.5. The van der Waals surface area contributed by atoms with E-state index in [2.05, 4.69) is 19.4 Å². The fourth-order valence-electron chi connectivity index (χ4n) is 5.40. The van der Waals surface area contributed by atoms with Gasteiger partial charge in [-0.3, -0.25) is 24.0 Å². The van der Waals surface area contributed by atoms with Crippen molar-refractivity contribution in [2.24, 2.45) is 5.92 Å². The molecule has 0 bridgehead atoms. The number of aryl methyl sites for hydroxylation is 1. The molecule has 1 N–H and O–H groups in total. The molecule has 1 aliphatic carbocycles. The molecule has 6 rings (SSSR count). The van der Waals surface area contributed by atoms with E-state index < -0.39 is 47.1 Å². The molecule has 0 radical (unpaired) electrons. The van der Waals surface area contributed by atoms with Gasteiger partial charge in [-0.2, -0.15) is 13.5 Å². The van der Waals surface area contributed by atoms with E-state index in [0.717, 1.165) is 25.2 Å². The second-order valence-corrected chi connectivity index (χ2v) is 14.8. The van der Waals surface area contributed by atoms with Crippen LogP contribution in [0.4, 0.5) is 14.5 Å². The molecule has 53 heavy (non-hydrogen) atoms. The maximum atomic E-state index is 13.5. The molecule has 278 valence electrons. The fourth-order valence-corrected chi connectivity index (χ4v) is 7.04. The van der Waals surface area contributed by atoms with Gasteiger partial charge in [0.05, 0.1) is 23.5 Å². The summed E-state index contributed by atoms with van der Waals surface area (Å²) >= 11 is 12.6. The molecule has 1 aliphatic heterocycles. The van der Waals surface area contributed by atoms with E-state index in [1.165, 1.54) is 48.8 Å². The van der Waals surface area contributed by atoms with Gasteiger partial charge in [-0.25, -0.2) is 18.4 Å². The standard InChI is InChI=1S/C34H29Cl2F2N5O9S/c35-25-15-42(47)16-26(36)24(25)14-28(20-4-7-27(52-34(37)38)29(12-20)50-18-19-2-3-19)51-31(44)17-43-32(45)22-6-5-21(13-23(22)33(43)46)41-53(48,49)11-8-30-39-9-1-10-40-30/h1,4-7,9-10,12-13,15-16,19,28,34,41H,2-3,8,11,14,17-18H2/t28-/m0/s1. The summed E-state index contributed by atoms with van der Waals surface area (Å²) in [4.78, 5) is 48.7. The van der Waals surface area contributed by atoms with E-state index in [4.69, 9.17) is 32.7 Å². The van der Waals surface area contributed by atoms with Gasteiger partial charge in [0, 0.05) is 36.5 Å². The number of aromatic nitrogens is 3. The number of nitrogens with one attached hydrogen (secondary N) is 1. The minimum atomic E-state index is -3.91. The Morgan fingerprint density at radius 3 is 2.40 bits per heavy atom. The summed E-state index contributed by atoms with van der Waals surface area (Å²) in [5.41, 5.74) is 0.236. The van der Waals surface area contributed by atoms with Gasteiger partial charge in [-0.15, -0.1) is 0 Å². The third-order valence-corrected chi connectivity index (χ3v) is 10.1. The summed E-state index contributed by atoms with van der Waals surface area (Å²) in [5, 5.41) is 11.8. The number of hydrogen-bond acceptors (Lipinski definition) is 11. The number of imide groups is 1. The zero-order chi connectivity index (χ0) is 37.9. The number of carbonyl (C=O) groups excluding carboxylic acids is 3. The first kappa shape index (κ1) is 37.6. The van der Waals surface area contributed by atoms with E-state index in [1.54, 1.807) is 6.07 Å². The highest BCUT2D eigenvalue weighted by Gasteiger charge is 2.38.